The van der Waals surface area contributed by atoms with Gasteiger partial charge < -0.3 is 20.3 Å². The third kappa shape index (κ3) is 3.50. The van der Waals surface area contributed by atoms with Crippen molar-refractivity contribution in [1.82, 2.24) is 15.2 Å². The van der Waals surface area contributed by atoms with E-state index in [9.17, 15) is 10.2 Å². The number of aryl methyl sites for hydroxylation is 1. The Bertz CT molecular complexity index is 508. The molecular weight excluding hydrogens is 294 g/mol. The van der Waals surface area contributed by atoms with Gasteiger partial charge in [0, 0.05) is 62.8 Å². The smallest absolute Gasteiger partial charge is 0.141 e. The summed E-state index contributed by atoms with van der Waals surface area (Å²) in [4.78, 5) is 6.66. The van der Waals surface area contributed by atoms with Gasteiger partial charge in [-0.25, -0.2) is 0 Å². The van der Waals surface area contributed by atoms with E-state index in [1.807, 2.05) is 6.92 Å². The predicted octanol–water partition coefficient (Wildman–Crippen LogP) is 0.961. The molecule has 0 saturated carbocycles. The molecule has 1 aromatic heterocycles. The highest BCUT2D eigenvalue weighted by Gasteiger charge is 2.34. The second kappa shape index (κ2) is 7.57. The van der Waals surface area contributed by atoms with E-state index in [-0.39, 0.29) is 18.4 Å². The number of nitrogens with zero attached hydrogens (tertiary/aromatic N) is 2. The molecule has 2 aliphatic rings. The van der Waals surface area contributed by atoms with Gasteiger partial charge in [0.05, 0.1) is 12.3 Å². The van der Waals surface area contributed by atoms with Crippen molar-refractivity contribution in [1.29, 1.82) is 0 Å². The lowest BCUT2D eigenvalue weighted by Gasteiger charge is -2.42. The Kier molecular flexibility index (Phi) is 5.48. The largest absolute Gasteiger partial charge is 0.506 e. The molecule has 0 bridgehead atoms. The molecule has 6 nitrogen and oxygen atoms in total. The first kappa shape index (κ1) is 16.6. The van der Waals surface area contributed by atoms with Crippen LogP contribution in [0.1, 0.15) is 35.7 Å². The van der Waals surface area contributed by atoms with Crippen LogP contribution in [0.3, 0.4) is 0 Å². The first-order chi connectivity index (χ1) is 11.2. The molecule has 0 unspecified atom stereocenters. The van der Waals surface area contributed by atoms with Crippen molar-refractivity contribution >= 4 is 0 Å². The van der Waals surface area contributed by atoms with Crippen molar-refractivity contribution in [2.24, 2.45) is 5.92 Å². The Morgan fingerprint density at radius 1 is 1.35 bits per heavy atom. The van der Waals surface area contributed by atoms with Crippen molar-refractivity contribution in [2.75, 3.05) is 39.4 Å². The topological polar surface area (TPSA) is 77.9 Å². The van der Waals surface area contributed by atoms with Crippen molar-refractivity contribution in [3.63, 3.8) is 0 Å². The Labute approximate surface area is 137 Å². The molecule has 3 N–H and O–H groups in total. The number of aliphatic hydroxyl groups excluding tert-OH is 1. The van der Waals surface area contributed by atoms with Crippen LogP contribution in [0.15, 0.2) is 6.20 Å². The maximum absolute atomic E-state index is 10.7. The van der Waals surface area contributed by atoms with E-state index < -0.39 is 0 Å². The molecule has 128 valence electrons. The highest BCUT2D eigenvalue weighted by Crippen LogP contribution is 2.41. The predicted molar refractivity (Wildman–Crippen MR) is 87.3 cm³/mol. The van der Waals surface area contributed by atoms with Gasteiger partial charge >= 0.3 is 0 Å². The number of aromatic hydroxyl groups is 1. The number of aliphatic hydroxyl groups is 1. The first-order valence-corrected chi connectivity index (χ1v) is 8.53. The van der Waals surface area contributed by atoms with Gasteiger partial charge in [-0.3, -0.25) is 9.88 Å². The number of hydrogen-bond donors (Lipinski definition) is 3. The molecule has 0 amide bonds. The van der Waals surface area contributed by atoms with E-state index in [1.54, 1.807) is 6.20 Å². The molecule has 6 heteroatoms. The molecule has 1 aromatic rings. The Hall–Kier alpha value is -1.21. The van der Waals surface area contributed by atoms with Gasteiger partial charge in [-0.2, -0.15) is 0 Å². The molecule has 3 heterocycles. The Morgan fingerprint density at radius 2 is 2.04 bits per heavy atom. The maximum atomic E-state index is 10.7. The monoisotopic (exact) mass is 321 g/mol. The summed E-state index contributed by atoms with van der Waals surface area (Å²) < 4.78 is 5.53. The van der Waals surface area contributed by atoms with Crippen LogP contribution in [0.2, 0.25) is 0 Å². The number of pyridine rings is 1. The standard InChI is InChI=1S/C17H27N3O3/c1-12-17(22)15(14(11-21)10-19-12)16(13-2-8-23-9-3-13)20-6-4-18-5-7-20/h10,13,16,18,21-22H,2-9,11H2,1H3/t16-/m0/s1. The fourth-order valence-corrected chi connectivity index (χ4v) is 3.82. The SMILES string of the molecule is Cc1ncc(CO)c([C@H](C2CCOCC2)N2CCNCC2)c1O. The molecular formula is C17H27N3O3. The summed E-state index contributed by atoms with van der Waals surface area (Å²) >= 11 is 0. The molecule has 2 aliphatic heterocycles. The Morgan fingerprint density at radius 3 is 2.70 bits per heavy atom. The number of ether oxygens (including phenoxy) is 1. The van der Waals surface area contributed by atoms with Crippen LogP contribution in [-0.2, 0) is 11.3 Å². The van der Waals surface area contributed by atoms with Crippen LogP contribution in [0, 0.1) is 12.8 Å². The summed E-state index contributed by atoms with van der Waals surface area (Å²) in [6, 6.07) is 0.116. The van der Waals surface area contributed by atoms with Crippen molar-refractivity contribution < 1.29 is 14.9 Å². The summed E-state index contributed by atoms with van der Waals surface area (Å²) in [5, 5.41) is 23.9. The van der Waals surface area contributed by atoms with Gasteiger partial charge in [0.25, 0.3) is 0 Å². The number of piperazine rings is 1. The van der Waals surface area contributed by atoms with Crippen LogP contribution >= 0.6 is 0 Å². The molecule has 2 saturated heterocycles. The van der Waals surface area contributed by atoms with E-state index in [0.717, 1.165) is 63.4 Å². The summed E-state index contributed by atoms with van der Waals surface area (Å²) in [5.41, 5.74) is 2.24. The highest BCUT2D eigenvalue weighted by atomic mass is 16.5. The van der Waals surface area contributed by atoms with E-state index in [0.29, 0.717) is 11.6 Å². The van der Waals surface area contributed by atoms with E-state index in [1.165, 1.54) is 0 Å². The molecule has 3 rings (SSSR count). The second-order valence-electron chi connectivity index (χ2n) is 6.47. The van der Waals surface area contributed by atoms with Gasteiger partial charge in [-0.05, 0) is 25.7 Å². The summed E-state index contributed by atoms with van der Waals surface area (Å²) in [6.45, 7) is 7.08. The van der Waals surface area contributed by atoms with Crippen LogP contribution in [0.5, 0.6) is 5.75 Å². The minimum atomic E-state index is -0.0953. The number of hydrogen-bond acceptors (Lipinski definition) is 6. The fourth-order valence-electron chi connectivity index (χ4n) is 3.82. The highest BCUT2D eigenvalue weighted by molar-refractivity contribution is 5.43. The third-order valence-corrected chi connectivity index (χ3v) is 5.08. The van der Waals surface area contributed by atoms with E-state index >= 15 is 0 Å². The first-order valence-electron chi connectivity index (χ1n) is 8.53. The molecule has 0 radical (unpaired) electrons. The van der Waals surface area contributed by atoms with E-state index in [4.69, 9.17) is 4.74 Å². The van der Waals surface area contributed by atoms with Crippen molar-refractivity contribution in [3.8, 4) is 5.75 Å². The van der Waals surface area contributed by atoms with Crippen LogP contribution < -0.4 is 5.32 Å². The number of aromatic nitrogens is 1. The normalized spacial score (nSPS) is 22.2. The number of nitrogens with one attached hydrogen (secondary N) is 1. The van der Waals surface area contributed by atoms with E-state index in [2.05, 4.69) is 15.2 Å². The van der Waals surface area contributed by atoms with Crippen LogP contribution in [0.25, 0.3) is 0 Å². The lowest BCUT2D eigenvalue weighted by atomic mass is 9.83. The second-order valence-corrected chi connectivity index (χ2v) is 6.47. The third-order valence-electron chi connectivity index (χ3n) is 5.08. The molecule has 0 aromatic carbocycles. The Balaban J connectivity index is 2.01. The van der Waals surface area contributed by atoms with Gasteiger partial charge in [0.1, 0.15) is 5.75 Å². The zero-order valence-electron chi connectivity index (χ0n) is 13.8. The minimum absolute atomic E-state index is 0.0953. The zero-order chi connectivity index (χ0) is 16.2. The molecule has 1 atom stereocenters. The van der Waals surface area contributed by atoms with Gasteiger partial charge in [-0.1, -0.05) is 0 Å². The van der Waals surface area contributed by atoms with Crippen molar-refractivity contribution in [3.05, 3.63) is 23.0 Å². The van der Waals surface area contributed by atoms with Gasteiger partial charge in [0.2, 0.25) is 0 Å². The zero-order valence-corrected chi connectivity index (χ0v) is 13.8. The lowest BCUT2D eigenvalue weighted by Crippen LogP contribution is -2.47. The van der Waals surface area contributed by atoms with Gasteiger partial charge in [0.15, 0.2) is 0 Å². The van der Waals surface area contributed by atoms with Gasteiger partial charge in [-0.15, -0.1) is 0 Å². The van der Waals surface area contributed by atoms with Crippen molar-refractivity contribution in [2.45, 2.75) is 32.4 Å². The molecule has 23 heavy (non-hydrogen) atoms. The van der Waals surface area contributed by atoms with Crippen LogP contribution in [0.4, 0.5) is 0 Å². The van der Waals surface area contributed by atoms with Crippen LogP contribution in [-0.4, -0.2) is 59.5 Å². The lowest BCUT2D eigenvalue weighted by molar-refractivity contribution is 0.0200. The quantitative estimate of drug-likeness (QED) is 0.767. The fraction of sp³-hybridized carbons (Fsp3) is 0.706. The average molecular weight is 321 g/mol. The molecule has 0 aliphatic carbocycles. The summed E-state index contributed by atoms with van der Waals surface area (Å²) in [5.74, 6) is 0.673. The minimum Gasteiger partial charge on any atom is -0.506 e. The summed E-state index contributed by atoms with van der Waals surface area (Å²) in [7, 11) is 0. The molecule has 2 fully saturated rings. The average Bonchev–Trinajstić information content (AvgIpc) is 2.61. The summed E-state index contributed by atoms with van der Waals surface area (Å²) in [6.07, 6.45) is 3.68. The maximum Gasteiger partial charge on any atom is 0.141 e. The molecule has 0 spiro atoms. The number of rotatable bonds is 4.